The Morgan fingerprint density at radius 3 is 2.52 bits per heavy atom. The topological polar surface area (TPSA) is 55.1 Å². The van der Waals surface area contributed by atoms with Gasteiger partial charge in [0.15, 0.2) is 0 Å². The first kappa shape index (κ1) is 18.5. The van der Waals surface area contributed by atoms with Crippen LogP contribution in [-0.4, -0.2) is 12.5 Å². The van der Waals surface area contributed by atoms with Crippen molar-refractivity contribution in [3.05, 3.63) is 21.9 Å². The van der Waals surface area contributed by atoms with Gasteiger partial charge < -0.3 is 11.1 Å². The van der Waals surface area contributed by atoms with Crippen molar-refractivity contribution in [1.29, 1.82) is 0 Å². The summed E-state index contributed by atoms with van der Waals surface area (Å²) in [6.07, 6.45) is 7.60. The highest BCUT2D eigenvalue weighted by atomic mass is 35.5. The van der Waals surface area contributed by atoms with Crippen LogP contribution in [0.15, 0.2) is 12.1 Å². The van der Waals surface area contributed by atoms with E-state index in [-0.39, 0.29) is 23.7 Å². The molecular formula is C16H27ClN2OS. The molecular weight excluding hydrogens is 304 g/mol. The monoisotopic (exact) mass is 330 g/mol. The smallest absolute Gasteiger partial charge is 0.220 e. The number of hydrogen-bond donors (Lipinski definition) is 2. The largest absolute Gasteiger partial charge is 0.351 e. The molecule has 1 aromatic heterocycles. The summed E-state index contributed by atoms with van der Waals surface area (Å²) in [6, 6.07) is 4.26. The minimum atomic E-state index is 0. The van der Waals surface area contributed by atoms with Gasteiger partial charge in [-0.3, -0.25) is 4.79 Å². The maximum atomic E-state index is 12.2. The highest BCUT2D eigenvalue weighted by Crippen LogP contribution is 2.38. The van der Waals surface area contributed by atoms with E-state index in [0.29, 0.717) is 19.5 Å². The third-order valence-electron chi connectivity index (χ3n) is 4.41. The SMILES string of the molecule is CCc1ccc(CNC(=O)CC2(CN)CCCCC2)s1.Cl. The third kappa shape index (κ3) is 5.28. The molecule has 3 nitrogen and oxygen atoms in total. The summed E-state index contributed by atoms with van der Waals surface area (Å²) in [4.78, 5) is 14.8. The van der Waals surface area contributed by atoms with Gasteiger partial charge in [0, 0.05) is 16.2 Å². The number of halogens is 1. The minimum Gasteiger partial charge on any atom is -0.351 e. The Morgan fingerprint density at radius 2 is 1.95 bits per heavy atom. The van der Waals surface area contributed by atoms with Crippen molar-refractivity contribution in [1.82, 2.24) is 5.32 Å². The molecule has 1 aliphatic rings. The molecule has 0 bridgehead atoms. The van der Waals surface area contributed by atoms with Crippen LogP contribution in [0.2, 0.25) is 0 Å². The fourth-order valence-electron chi connectivity index (χ4n) is 3.05. The summed E-state index contributed by atoms with van der Waals surface area (Å²) in [6.45, 7) is 3.45. The first-order chi connectivity index (χ1) is 9.67. The lowest BCUT2D eigenvalue weighted by molar-refractivity contribution is -0.124. The van der Waals surface area contributed by atoms with Crippen LogP contribution >= 0.6 is 23.7 Å². The molecule has 1 fully saturated rings. The molecule has 1 aliphatic carbocycles. The van der Waals surface area contributed by atoms with E-state index in [1.807, 2.05) is 0 Å². The number of hydrogen-bond acceptors (Lipinski definition) is 3. The second-order valence-corrected chi connectivity index (χ2v) is 7.19. The van der Waals surface area contributed by atoms with Crippen molar-refractivity contribution < 1.29 is 4.79 Å². The van der Waals surface area contributed by atoms with Gasteiger partial charge in [-0.05, 0) is 43.4 Å². The fraction of sp³-hybridized carbons (Fsp3) is 0.688. The first-order valence-electron chi connectivity index (χ1n) is 7.72. The molecule has 0 aliphatic heterocycles. The van der Waals surface area contributed by atoms with Gasteiger partial charge in [0.05, 0.1) is 6.54 Å². The molecule has 21 heavy (non-hydrogen) atoms. The predicted molar refractivity (Wildman–Crippen MR) is 92.0 cm³/mol. The van der Waals surface area contributed by atoms with Crippen molar-refractivity contribution in [2.24, 2.45) is 11.1 Å². The highest BCUT2D eigenvalue weighted by Gasteiger charge is 2.32. The van der Waals surface area contributed by atoms with E-state index in [4.69, 9.17) is 5.73 Å². The molecule has 1 saturated carbocycles. The summed E-state index contributed by atoms with van der Waals surface area (Å²) in [5.74, 6) is 0.156. The van der Waals surface area contributed by atoms with Crippen molar-refractivity contribution >= 4 is 29.7 Å². The zero-order valence-corrected chi connectivity index (χ0v) is 14.5. The number of amides is 1. The molecule has 5 heteroatoms. The molecule has 0 unspecified atom stereocenters. The molecule has 1 aromatic rings. The van der Waals surface area contributed by atoms with E-state index in [0.717, 1.165) is 19.3 Å². The van der Waals surface area contributed by atoms with Crippen molar-refractivity contribution in [3.63, 3.8) is 0 Å². The molecule has 0 spiro atoms. The predicted octanol–water partition coefficient (Wildman–Crippen LogP) is 3.65. The Kier molecular flexibility index (Phi) is 7.71. The van der Waals surface area contributed by atoms with Crippen molar-refractivity contribution in [2.75, 3.05) is 6.54 Å². The van der Waals surface area contributed by atoms with Crippen LogP contribution in [0.25, 0.3) is 0 Å². The quantitative estimate of drug-likeness (QED) is 0.836. The summed E-state index contributed by atoms with van der Waals surface area (Å²) in [7, 11) is 0. The van der Waals surface area contributed by atoms with Gasteiger partial charge in [-0.15, -0.1) is 23.7 Å². The van der Waals surface area contributed by atoms with Gasteiger partial charge in [0.25, 0.3) is 0 Å². The highest BCUT2D eigenvalue weighted by molar-refractivity contribution is 7.11. The zero-order valence-electron chi connectivity index (χ0n) is 12.8. The molecule has 0 aromatic carbocycles. The fourth-order valence-corrected chi connectivity index (χ4v) is 3.95. The standard InChI is InChI=1S/C16H26N2OS.ClH/c1-2-13-6-7-14(20-13)11-18-15(19)10-16(12-17)8-4-3-5-9-16;/h6-7H,2-5,8-12,17H2,1H3,(H,18,19);1H. The molecule has 0 saturated heterocycles. The van der Waals surface area contributed by atoms with E-state index in [1.54, 1.807) is 11.3 Å². The van der Waals surface area contributed by atoms with Crippen LogP contribution in [-0.2, 0) is 17.8 Å². The third-order valence-corrected chi connectivity index (χ3v) is 5.64. The molecule has 1 amide bonds. The lowest BCUT2D eigenvalue weighted by Crippen LogP contribution is -2.38. The van der Waals surface area contributed by atoms with Crippen molar-refractivity contribution in [3.8, 4) is 0 Å². The second kappa shape index (κ2) is 8.76. The van der Waals surface area contributed by atoms with Crippen LogP contribution in [0.4, 0.5) is 0 Å². The molecule has 3 N–H and O–H groups in total. The van der Waals surface area contributed by atoms with E-state index in [9.17, 15) is 4.79 Å². The average molecular weight is 331 g/mol. The van der Waals surface area contributed by atoms with E-state index in [2.05, 4.69) is 24.4 Å². The normalized spacial score (nSPS) is 17.0. The Balaban J connectivity index is 0.00000220. The Hall–Kier alpha value is -0.580. The van der Waals surface area contributed by atoms with Crippen LogP contribution in [0, 0.1) is 5.41 Å². The van der Waals surface area contributed by atoms with Gasteiger partial charge in [0.2, 0.25) is 5.91 Å². The van der Waals surface area contributed by atoms with E-state index < -0.39 is 0 Å². The number of nitrogens with one attached hydrogen (secondary N) is 1. The van der Waals surface area contributed by atoms with Crippen LogP contribution in [0.3, 0.4) is 0 Å². The number of rotatable bonds is 6. The lowest BCUT2D eigenvalue weighted by Gasteiger charge is -2.35. The maximum Gasteiger partial charge on any atom is 0.220 e. The summed E-state index contributed by atoms with van der Waals surface area (Å²) in [5, 5.41) is 3.06. The van der Waals surface area contributed by atoms with Gasteiger partial charge in [-0.25, -0.2) is 0 Å². The molecule has 120 valence electrons. The molecule has 1 heterocycles. The number of thiophene rings is 1. The lowest BCUT2D eigenvalue weighted by atomic mass is 9.71. The Morgan fingerprint density at radius 1 is 1.29 bits per heavy atom. The average Bonchev–Trinajstić information content (AvgIpc) is 2.94. The van der Waals surface area contributed by atoms with Gasteiger partial charge in [0.1, 0.15) is 0 Å². The minimum absolute atomic E-state index is 0. The number of carbonyl (C=O) groups is 1. The van der Waals surface area contributed by atoms with Crippen molar-refractivity contribution in [2.45, 2.75) is 58.4 Å². The van der Waals surface area contributed by atoms with Gasteiger partial charge in [-0.1, -0.05) is 26.2 Å². The summed E-state index contributed by atoms with van der Waals surface area (Å²) in [5.41, 5.74) is 6.00. The number of carbonyl (C=O) groups excluding carboxylic acids is 1. The van der Waals surface area contributed by atoms with Crippen LogP contribution < -0.4 is 11.1 Å². The van der Waals surface area contributed by atoms with Gasteiger partial charge in [-0.2, -0.15) is 0 Å². The first-order valence-corrected chi connectivity index (χ1v) is 8.53. The number of nitrogens with two attached hydrogens (primary N) is 1. The molecule has 0 radical (unpaired) electrons. The molecule has 2 rings (SSSR count). The van der Waals surface area contributed by atoms with Gasteiger partial charge >= 0.3 is 0 Å². The number of aryl methyl sites for hydroxylation is 1. The van der Waals surface area contributed by atoms with E-state index >= 15 is 0 Å². The molecule has 0 atom stereocenters. The summed E-state index contributed by atoms with van der Waals surface area (Å²) >= 11 is 1.79. The van der Waals surface area contributed by atoms with E-state index in [1.165, 1.54) is 29.0 Å². The maximum absolute atomic E-state index is 12.2. The van der Waals surface area contributed by atoms with Crippen LogP contribution in [0.1, 0.15) is 55.2 Å². The Labute approximate surface area is 138 Å². The van der Waals surface area contributed by atoms with Crippen LogP contribution in [0.5, 0.6) is 0 Å². The Bertz CT molecular complexity index is 441. The second-order valence-electron chi connectivity index (χ2n) is 5.94. The zero-order chi connectivity index (χ0) is 14.4. The summed E-state index contributed by atoms with van der Waals surface area (Å²) < 4.78 is 0.